The van der Waals surface area contributed by atoms with E-state index in [4.69, 9.17) is 0 Å². The van der Waals surface area contributed by atoms with Gasteiger partial charge in [-0.1, -0.05) is 26.2 Å². The number of nitrogens with zero attached hydrogens (tertiary/aromatic N) is 1. The quantitative estimate of drug-likeness (QED) is 0.808. The van der Waals surface area contributed by atoms with Crippen molar-refractivity contribution >= 4 is 11.5 Å². The van der Waals surface area contributed by atoms with Gasteiger partial charge in [-0.3, -0.25) is 0 Å². The monoisotopic (exact) mass is 261 g/mol. The Kier molecular flexibility index (Phi) is 5.49. The van der Waals surface area contributed by atoms with Crippen LogP contribution in [0.1, 0.15) is 46.0 Å². The smallest absolute Gasteiger partial charge is 0.127 e. The minimum atomic E-state index is 0.846. The summed E-state index contributed by atoms with van der Waals surface area (Å²) in [6.45, 7) is 6.43. The second-order valence-corrected chi connectivity index (χ2v) is 5.64. The molecule has 1 aliphatic carbocycles. The molecule has 19 heavy (non-hydrogen) atoms. The van der Waals surface area contributed by atoms with Gasteiger partial charge in [0.2, 0.25) is 0 Å². The Labute approximate surface area is 117 Å². The average Bonchev–Trinajstić information content (AvgIpc) is 2.46. The fourth-order valence-electron chi connectivity index (χ4n) is 2.92. The molecule has 2 N–H and O–H groups in total. The van der Waals surface area contributed by atoms with Gasteiger partial charge >= 0.3 is 0 Å². The van der Waals surface area contributed by atoms with Gasteiger partial charge < -0.3 is 10.6 Å². The maximum atomic E-state index is 4.29. The molecule has 2 rings (SSSR count). The highest BCUT2D eigenvalue weighted by Crippen LogP contribution is 2.30. The molecular formula is C16H27N3. The summed E-state index contributed by atoms with van der Waals surface area (Å²) < 4.78 is 0. The van der Waals surface area contributed by atoms with Crippen LogP contribution < -0.4 is 10.6 Å². The van der Waals surface area contributed by atoms with E-state index in [1.54, 1.807) is 0 Å². The Hall–Kier alpha value is -1.25. The van der Waals surface area contributed by atoms with Crippen LogP contribution in [0.5, 0.6) is 0 Å². The molecule has 0 unspecified atom stereocenters. The van der Waals surface area contributed by atoms with E-state index >= 15 is 0 Å². The summed E-state index contributed by atoms with van der Waals surface area (Å²) in [6.07, 6.45) is 8.84. The van der Waals surface area contributed by atoms with E-state index in [2.05, 4.69) is 41.6 Å². The molecule has 0 aromatic carbocycles. The van der Waals surface area contributed by atoms with Gasteiger partial charge in [-0.2, -0.15) is 0 Å². The summed E-state index contributed by atoms with van der Waals surface area (Å²) in [5, 5.41) is 6.81. The van der Waals surface area contributed by atoms with Crippen molar-refractivity contribution in [3.63, 3.8) is 0 Å². The molecule has 1 heterocycles. The minimum Gasteiger partial charge on any atom is -0.385 e. The first-order valence-electron chi connectivity index (χ1n) is 7.75. The van der Waals surface area contributed by atoms with Gasteiger partial charge in [-0.25, -0.2) is 4.98 Å². The predicted molar refractivity (Wildman–Crippen MR) is 82.6 cm³/mol. The van der Waals surface area contributed by atoms with Crippen molar-refractivity contribution in [2.24, 2.45) is 11.8 Å². The molecule has 1 fully saturated rings. The van der Waals surface area contributed by atoms with Crippen LogP contribution in [-0.4, -0.2) is 18.1 Å². The summed E-state index contributed by atoms with van der Waals surface area (Å²) in [6, 6.07) is 4.15. The van der Waals surface area contributed by atoms with Crippen molar-refractivity contribution in [3.05, 3.63) is 18.3 Å². The lowest BCUT2D eigenvalue weighted by molar-refractivity contribution is 0.278. The average molecular weight is 261 g/mol. The third-order valence-electron chi connectivity index (χ3n) is 4.26. The molecule has 0 saturated heterocycles. The molecule has 106 valence electrons. The molecule has 0 bridgehead atoms. The Morgan fingerprint density at radius 1 is 1.11 bits per heavy atom. The summed E-state index contributed by atoms with van der Waals surface area (Å²) in [7, 11) is 0. The summed E-state index contributed by atoms with van der Waals surface area (Å²) in [5.74, 6) is 2.79. The number of anilines is 2. The number of nitrogens with one attached hydrogen (secondary N) is 2. The summed E-state index contributed by atoms with van der Waals surface area (Å²) in [4.78, 5) is 4.29. The van der Waals surface area contributed by atoms with Crippen molar-refractivity contribution in [1.82, 2.24) is 4.98 Å². The Morgan fingerprint density at radius 2 is 1.84 bits per heavy atom. The van der Waals surface area contributed by atoms with Crippen molar-refractivity contribution in [1.29, 1.82) is 0 Å². The van der Waals surface area contributed by atoms with E-state index in [1.165, 1.54) is 37.8 Å². The minimum absolute atomic E-state index is 0.846. The fraction of sp³-hybridized carbons (Fsp3) is 0.688. The first-order chi connectivity index (χ1) is 9.31. The number of pyridine rings is 1. The van der Waals surface area contributed by atoms with Gasteiger partial charge in [0.15, 0.2) is 0 Å². The first kappa shape index (κ1) is 14.2. The second kappa shape index (κ2) is 7.37. The second-order valence-electron chi connectivity index (χ2n) is 5.64. The zero-order valence-electron chi connectivity index (χ0n) is 12.3. The highest BCUT2D eigenvalue weighted by molar-refractivity contribution is 5.51. The fourth-order valence-corrected chi connectivity index (χ4v) is 2.92. The van der Waals surface area contributed by atoms with Crippen molar-refractivity contribution in [3.8, 4) is 0 Å². The number of hydrogen-bond donors (Lipinski definition) is 2. The van der Waals surface area contributed by atoms with Crippen LogP contribution in [0.4, 0.5) is 11.5 Å². The molecular weight excluding hydrogens is 234 g/mol. The molecule has 0 radical (unpaired) electrons. The molecule has 3 heteroatoms. The van der Waals surface area contributed by atoms with Gasteiger partial charge in [0.1, 0.15) is 5.82 Å². The van der Waals surface area contributed by atoms with E-state index in [0.717, 1.165) is 30.7 Å². The maximum Gasteiger partial charge on any atom is 0.127 e. The maximum absolute atomic E-state index is 4.29. The van der Waals surface area contributed by atoms with Gasteiger partial charge in [-0.15, -0.1) is 0 Å². The number of hydrogen-bond acceptors (Lipinski definition) is 3. The normalized spacial score (nSPS) is 23.1. The van der Waals surface area contributed by atoms with Gasteiger partial charge in [0.05, 0.1) is 0 Å². The topological polar surface area (TPSA) is 37.0 Å². The van der Waals surface area contributed by atoms with Crippen LogP contribution >= 0.6 is 0 Å². The van der Waals surface area contributed by atoms with Gasteiger partial charge in [0.25, 0.3) is 0 Å². The van der Waals surface area contributed by atoms with Gasteiger partial charge in [0, 0.05) is 31.0 Å². The van der Waals surface area contributed by atoms with E-state index in [9.17, 15) is 0 Å². The third kappa shape index (κ3) is 4.41. The molecule has 1 saturated carbocycles. The lowest BCUT2D eigenvalue weighted by atomic mass is 9.81. The molecule has 1 aromatic heterocycles. The molecule has 1 aromatic rings. The highest BCUT2D eigenvalue weighted by Gasteiger charge is 2.19. The molecule has 0 spiro atoms. The van der Waals surface area contributed by atoms with E-state index in [-0.39, 0.29) is 0 Å². The zero-order chi connectivity index (χ0) is 13.5. The van der Waals surface area contributed by atoms with E-state index in [1.807, 2.05) is 6.20 Å². The lowest BCUT2D eigenvalue weighted by Crippen LogP contribution is -2.21. The van der Waals surface area contributed by atoms with Crippen molar-refractivity contribution in [2.75, 3.05) is 23.7 Å². The van der Waals surface area contributed by atoms with E-state index in [0.29, 0.717) is 0 Å². The van der Waals surface area contributed by atoms with Gasteiger partial charge in [-0.05, 0) is 37.7 Å². The summed E-state index contributed by atoms with van der Waals surface area (Å²) in [5.41, 5.74) is 1.18. The van der Waals surface area contributed by atoms with E-state index < -0.39 is 0 Å². The van der Waals surface area contributed by atoms with Crippen LogP contribution in [0, 0.1) is 11.8 Å². The molecule has 0 amide bonds. The van der Waals surface area contributed by atoms with Crippen LogP contribution in [0.2, 0.25) is 0 Å². The third-order valence-corrected chi connectivity index (χ3v) is 4.26. The van der Waals surface area contributed by atoms with Crippen LogP contribution in [0.3, 0.4) is 0 Å². The molecule has 1 aliphatic rings. The van der Waals surface area contributed by atoms with Crippen LogP contribution in [0.15, 0.2) is 18.3 Å². The number of aromatic nitrogens is 1. The summed E-state index contributed by atoms with van der Waals surface area (Å²) >= 11 is 0. The Balaban J connectivity index is 1.77. The molecule has 0 aliphatic heterocycles. The largest absolute Gasteiger partial charge is 0.385 e. The Morgan fingerprint density at radius 3 is 2.53 bits per heavy atom. The van der Waals surface area contributed by atoms with Crippen molar-refractivity contribution in [2.45, 2.75) is 46.0 Å². The molecule has 3 nitrogen and oxygen atoms in total. The van der Waals surface area contributed by atoms with Crippen LogP contribution in [-0.2, 0) is 0 Å². The van der Waals surface area contributed by atoms with Crippen LogP contribution in [0.25, 0.3) is 0 Å². The first-order valence-corrected chi connectivity index (χ1v) is 7.75. The number of rotatable bonds is 6. The highest BCUT2D eigenvalue weighted by atomic mass is 15.0. The Bertz CT molecular complexity index is 370. The standard InChI is InChI=1S/C16H27N3/c1-3-13-5-7-14(8-6-13)12-19-15-9-10-18-16(11-15)17-4-2/h9-11,13-14H,3-8,12H2,1-2H3,(H2,17,18,19). The zero-order valence-corrected chi connectivity index (χ0v) is 12.3. The molecule has 0 atom stereocenters. The lowest BCUT2D eigenvalue weighted by Gasteiger charge is -2.28. The SMILES string of the molecule is CCNc1cc(NCC2CCC(CC)CC2)ccn1. The van der Waals surface area contributed by atoms with Crippen molar-refractivity contribution < 1.29 is 0 Å². The predicted octanol–water partition coefficient (Wildman–Crippen LogP) is 4.14.